The van der Waals surface area contributed by atoms with Crippen LogP contribution in [0.5, 0.6) is 5.88 Å². The number of carbonyl (C=O) groups is 1. The zero-order valence-electron chi connectivity index (χ0n) is 14.3. The fourth-order valence-corrected chi connectivity index (χ4v) is 4.50. The maximum atomic E-state index is 13.0. The third-order valence-electron chi connectivity index (χ3n) is 4.53. The Morgan fingerprint density at radius 2 is 2.13 bits per heavy atom. The lowest BCUT2D eigenvalue weighted by atomic mass is 10.0. The Kier molecular flexibility index (Phi) is 4.19. The van der Waals surface area contributed by atoms with Crippen molar-refractivity contribution in [1.29, 1.82) is 0 Å². The average molecular weight is 333 g/mol. The van der Waals surface area contributed by atoms with Gasteiger partial charge in [0.15, 0.2) is 0 Å². The minimum atomic E-state index is 0.0470. The second-order valence-corrected chi connectivity index (χ2v) is 7.58. The molecule has 0 saturated carbocycles. The molecule has 6 heteroatoms. The van der Waals surface area contributed by atoms with E-state index in [1.807, 2.05) is 38.8 Å². The van der Waals surface area contributed by atoms with E-state index >= 15 is 0 Å². The van der Waals surface area contributed by atoms with Crippen LogP contribution in [-0.2, 0) is 7.05 Å². The Hall–Kier alpha value is -1.82. The lowest BCUT2D eigenvalue weighted by Crippen LogP contribution is -2.31. The van der Waals surface area contributed by atoms with Gasteiger partial charge in [-0.3, -0.25) is 4.79 Å². The summed E-state index contributed by atoms with van der Waals surface area (Å²) < 4.78 is 7.29. The van der Waals surface area contributed by atoms with Crippen LogP contribution in [-0.4, -0.2) is 34.2 Å². The van der Waals surface area contributed by atoms with Crippen LogP contribution >= 0.6 is 11.3 Å². The van der Waals surface area contributed by atoms with Crippen LogP contribution in [0.1, 0.15) is 50.3 Å². The third kappa shape index (κ3) is 2.65. The molecule has 0 radical (unpaired) electrons. The van der Waals surface area contributed by atoms with Crippen molar-refractivity contribution in [2.75, 3.05) is 13.7 Å². The summed E-state index contributed by atoms with van der Waals surface area (Å²) in [4.78, 5) is 17.3. The van der Waals surface area contributed by atoms with Gasteiger partial charge >= 0.3 is 0 Å². The van der Waals surface area contributed by atoms with E-state index in [1.54, 1.807) is 23.1 Å². The molecule has 5 nitrogen and oxygen atoms in total. The van der Waals surface area contributed by atoms with E-state index in [1.165, 1.54) is 4.88 Å². The summed E-state index contributed by atoms with van der Waals surface area (Å²) in [6, 6.07) is 2.05. The molecule has 0 spiro atoms. The molecule has 0 aromatic carbocycles. The molecule has 1 aliphatic rings. The van der Waals surface area contributed by atoms with Gasteiger partial charge < -0.3 is 9.64 Å². The summed E-state index contributed by atoms with van der Waals surface area (Å²) >= 11 is 1.68. The lowest BCUT2D eigenvalue weighted by Gasteiger charge is -2.25. The number of carbonyl (C=O) groups excluding carboxylic acids is 1. The third-order valence-corrected chi connectivity index (χ3v) is 5.49. The zero-order valence-corrected chi connectivity index (χ0v) is 15.2. The van der Waals surface area contributed by atoms with Crippen molar-refractivity contribution < 1.29 is 9.53 Å². The Balaban J connectivity index is 1.98. The molecule has 3 heterocycles. The first-order valence-corrected chi connectivity index (χ1v) is 8.71. The molecule has 0 N–H and O–H groups in total. The molecule has 0 aliphatic carbocycles. The molecule has 0 unspecified atom stereocenters. The van der Waals surface area contributed by atoms with Crippen molar-refractivity contribution in [2.45, 2.75) is 39.7 Å². The Labute approximate surface area is 140 Å². The highest BCUT2D eigenvalue weighted by Gasteiger charge is 2.36. The molecule has 1 amide bonds. The number of hydrogen-bond acceptors (Lipinski definition) is 4. The number of methoxy groups -OCH3 is 1. The van der Waals surface area contributed by atoms with Crippen LogP contribution in [0.3, 0.4) is 0 Å². The Bertz CT molecular complexity index is 747. The average Bonchev–Trinajstić information content (AvgIpc) is 3.15. The maximum absolute atomic E-state index is 13.0. The van der Waals surface area contributed by atoms with Crippen LogP contribution in [0.2, 0.25) is 0 Å². The first-order chi connectivity index (χ1) is 10.9. The molecular weight excluding hydrogens is 310 g/mol. The SMILES string of the molecule is COc1c([C@@H]2CCCN2C(=O)c2cc(C)sc2C)c(C)nn1C. The smallest absolute Gasteiger partial charge is 0.255 e. The molecule has 23 heavy (non-hydrogen) atoms. The highest BCUT2D eigenvalue weighted by molar-refractivity contribution is 7.12. The number of thiophene rings is 1. The number of aryl methyl sites for hydroxylation is 4. The zero-order chi connectivity index (χ0) is 16.7. The summed E-state index contributed by atoms with van der Waals surface area (Å²) in [5.41, 5.74) is 2.82. The van der Waals surface area contributed by atoms with E-state index in [-0.39, 0.29) is 11.9 Å². The number of hydrogen-bond donors (Lipinski definition) is 0. The largest absolute Gasteiger partial charge is 0.481 e. The van der Waals surface area contributed by atoms with Crippen LogP contribution < -0.4 is 4.74 Å². The predicted molar refractivity (Wildman–Crippen MR) is 91.3 cm³/mol. The quantitative estimate of drug-likeness (QED) is 0.865. The molecule has 1 aliphatic heterocycles. The molecule has 1 saturated heterocycles. The first kappa shape index (κ1) is 16.1. The van der Waals surface area contributed by atoms with Gasteiger partial charge in [-0.1, -0.05) is 0 Å². The van der Waals surface area contributed by atoms with E-state index in [2.05, 4.69) is 5.10 Å². The molecule has 124 valence electrons. The number of aromatic nitrogens is 2. The minimum Gasteiger partial charge on any atom is -0.481 e. The van der Waals surface area contributed by atoms with E-state index in [0.717, 1.165) is 47.0 Å². The van der Waals surface area contributed by atoms with E-state index < -0.39 is 0 Å². The van der Waals surface area contributed by atoms with Crippen molar-refractivity contribution in [3.63, 3.8) is 0 Å². The van der Waals surface area contributed by atoms with Gasteiger partial charge in [0.25, 0.3) is 5.91 Å². The molecule has 2 aromatic heterocycles. The summed E-state index contributed by atoms with van der Waals surface area (Å²) in [7, 11) is 3.54. The van der Waals surface area contributed by atoms with Gasteiger partial charge in [0, 0.05) is 23.3 Å². The standard InChI is InChI=1S/C17H23N3O2S/c1-10-9-13(12(3)23-10)16(21)20-8-6-7-14(20)15-11(2)18-19(4)17(15)22-5/h9,14H,6-8H2,1-5H3/t14-/m0/s1. The summed E-state index contributed by atoms with van der Waals surface area (Å²) in [5.74, 6) is 0.880. The van der Waals surface area contributed by atoms with E-state index in [9.17, 15) is 4.79 Å². The Morgan fingerprint density at radius 1 is 1.39 bits per heavy atom. The van der Waals surface area contributed by atoms with Gasteiger partial charge in [0.1, 0.15) is 0 Å². The van der Waals surface area contributed by atoms with Crippen LogP contribution in [0, 0.1) is 20.8 Å². The highest BCUT2D eigenvalue weighted by atomic mass is 32.1. The van der Waals surface area contributed by atoms with Crippen molar-refractivity contribution in [3.8, 4) is 5.88 Å². The van der Waals surface area contributed by atoms with Crippen LogP contribution in [0.25, 0.3) is 0 Å². The van der Waals surface area contributed by atoms with Crippen LogP contribution in [0.15, 0.2) is 6.07 Å². The van der Waals surface area contributed by atoms with Gasteiger partial charge in [0.05, 0.1) is 30.0 Å². The molecule has 1 atom stereocenters. The molecule has 3 rings (SSSR count). The number of ether oxygens (including phenoxy) is 1. The van der Waals surface area contributed by atoms with Gasteiger partial charge in [0.2, 0.25) is 5.88 Å². The monoisotopic (exact) mass is 333 g/mol. The molecule has 2 aromatic rings. The predicted octanol–water partition coefficient (Wildman–Crippen LogP) is 3.39. The second kappa shape index (κ2) is 6.00. The topological polar surface area (TPSA) is 47.4 Å². The molecule has 1 fully saturated rings. The molecule has 0 bridgehead atoms. The van der Waals surface area contributed by atoms with Crippen molar-refractivity contribution in [1.82, 2.24) is 14.7 Å². The van der Waals surface area contributed by atoms with Crippen molar-refractivity contribution in [3.05, 3.63) is 32.6 Å². The van der Waals surface area contributed by atoms with E-state index in [4.69, 9.17) is 4.74 Å². The highest BCUT2D eigenvalue weighted by Crippen LogP contribution is 2.40. The summed E-state index contributed by atoms with van der Waals surface area (Å²) in [6.07, 6.45) is 1.97. The van der Waals surface area contributed by atoms with Gasteiger partial charge in [-0.05, 0) is 39.7 Å². The maximum Gasteiger partial charge on any atom is 0.255 e. The van der Waals surface area contributed by atoms with Gasteiger partial charge in [-0.15, -0.1) is 11.3 Å². The van der Waals surface area contributed by atoms with Gasteiger partial charge in [-0.2, -0.15) is 5.10 Å². The fraction of sp³-hybridized carbons (Fsp3) is 0.529. The second-order valence-electron chi connectivity index (χ2n) is 6.12. The van der Waals surface area contributed by atoms with Crippen molar-refractivity contribution in [2.24, 2.45) is 7.05 Å². The normalized spacial score (nSPS) is 17.8. The number of rotatable bonds is 3. The lowest BCUT2D eigenvalue weighted by molar-refractivity contribution is 0.0733. The first-order valence-electron chi connectivity index (χ1n) is 7.89. The number of nitrogens with zero attached hydrogens (tertiary/aromatic N) is 3. The Morgan fingerprint density at radius 3 is 2.74 bits per heavy atom. The van der Waals surface area contributed by atoms with Crippen molar-refractivity contribution >= 4 is 17.2 Å². The number of likely N-dealkylation sites (tertiary alicyclic amines) is 1. The molecular formula is C17H23N3O2S. The number of amides is 1. The van der Waals surface area contributed by atoms with E-state index in [0.29, 0.717) is 0 Å². The summed E-state index contributed by atoms with van der Waals surface area (Å²) in [6.45, 7) is 6.84. The summed E-state index contributed by atoms with van der Waals surface area (Å²) in [5, 5.41) is 4.47. The van der Waals surface area contributed by atoms with Gasteiger partial charge in [-0.25, -0.2) is 4.68 Å². The fourth-order valence-electron chi connectivity index (χ4n) is 3.59. The minimum absolute atomic E-state index is 0.0470. The van der Waals surface area contributed by atoms with Crippen LogP contribution in [0.4, 0.5) is 0 Å².